The Bertz CT molecular complexity index is 1380. The zero-order valence-electron chi connectivity index (χ0n) is 18.4. The fourth-order valence-corrected chi connectivity index (χ4v) is 6.56. The highest BCUT2D eigenvalue weighted by molar-refractivity contribution is 7.90. The van der Waals surface area contributed by atoms with Gasteiger partial charge in [-0.15, -0.1) is 12.4 Å². The van der Waals surface area contributed by atoms with Gasteiger partial charge in [0.25, 0.3) is 15.9 Å². The van der Waals surface area contributed by atoms with Crippen LogP contribution in [0.3, 0.4) is 0 Å². The fourth-order valence-electron chi connectivity index (χ4n) is 4.80. The van der Waals surface area contributed by atoms with Gasteiger partial charge >= 0.3 is 5.76 Å². The van der Waals surface area contributed by atoms with Crippen molar-refractivity contribution in [2.75, 3.05) is 26.2 Å². The number of aromatic nitrogens is 1. The van der Waals surface area contributed by atoms with Gasteiger partial charge < -0.3 is 9.32 Å². The van der Waals surface area contributed by atoms with E-state index in [0.717, 1.165) is 48.7 Å². The van der Waals surface area contributed by atoms with Gasteiger partial charge in [0.2, 0.25) is 0 Å². The third kappa shape index (κ3) is 4.37. The maximum Gasteiger partial charge on any atom is 0.420 e. The van der Waals surface area contributed by atoms with Gasteiger partial charge in [0.05, 0.1) is 11.1 Å². The number of hydrogen-bond donors (Lipinski definition) is 0. The molecule has 34 heavy (non-hydrogen) atoms. The summed E-state index contributed by atoms with van der Waals surface area (Å²) in [5.41, 5.74) is 1.59. The van der Waals surface area contributed by atoms with Crippen molar-refractivity contribution in [3.05, 3.63) is 63.6 Å². The quantitative estimate of drug-likeness (QED) is 0.452. The van der Waals surface area contributed by atoms with Crippen LogP contribution >= 0.6 is 24.0 Å². The van der Waals surface area contributed by atoms with Crippen molar-refractivity contribution in [3.8, 4) is 0 Å². The van der Waals surface area contributed by atoms with Crippen LogP contribution in [0.15, 0.2) is 56.6 Å². The third-order valence-electron chi connectivity index (χ3n) is 6.49. The number of unbranched alkanes of at least 4 members (excludes halogenated alkanes) is 1. The summed E-state index contributed by atoms with van der Waals surface area (Å²) in [4.78, 5) is 27.2. The molecule has 5 rings (SSSR count). The first kappa shape index (κ1) is 24.8. The first-order valence-electron chi connectivity index (χ1n) is 11.1. The van der Waals surface area contributed by atoms with E-state index in [9.17, 15) is 18.0 Å². The van der Waals surface area contributed by atoms with E-state index in [4.69, 9.17) is 16.0 Å². The van der Waals surface area contributed by atoms with Gasteiger partial charge in [0, 0.05) is 30.7 Å². The number of rotatable bonds is 6. The van der Waals surface area contributed by atoms with Crippen LogP contribution in [-0.2, 0) is 10.0 Å². The molecule has 2 aromatic carbocycles. The van der Waals surface area contributed by atoms with Crippen molar-refractivity contribution < 1.29 is 17.6 Å². The van der Waals surface area contributed by atoms with Crippen LogP contribution in [0.1, 0.15) is 42.1 Å². The Morgan fingerprint density at radius 2 is 1.71 bits per heavy atom. The number of oxazole rings is 1. The lowest BCUT2D eigenvalue weighted by Gasteiger charge is -2.32. The largest absolute Gasteiger partial charge is 0.420 e. The van der Waals surface area contributed by atoms with Crippen molar-refractivity contribution in [1.82, 2.24) is 13.8 Å². The summed E-state index contributed by atoms with van der Waals surface area (Å²) in [5, 5.41) is 0.341. The topological polar surface area (TPSA) is 92.8 Å². The van der Waals surface area contributed by atoms with Gasteiger partial charge in [-0.1, -0.05) is 23.7 Å². The Balaban J connectivity index is 0.00000274. The molecule has 2 aliphatic heterocycles. The Labute approximate surface area is 208 Å². The van der Waals surface area contributed by atoms with E-state index in [-0.39, 0.29) is 41.2 Å². The van der Waals surface area contributed by atoms with Gasteiger partial charge in [-0.2, -0.15) is 0 Å². The minimum absolute atomic E-state index is 0. The number of piperidine rings is 1. The molecule has 0 bridgehead atoms. The molecule has 2 aliphatic rings. The van der Waals surface area contributed by atoms with Crippen LogP contribution in [0.2, 0.25) is 5.02 Å². The number of sulfonamides is 1. The first-order chi connectivity index (χ1) is 15.9. The van der Waals surface area contributed by atoms with Crippen molar-refractivity contribution in [1.29, 1.82) is 0 Å². The van der Waals surface area contributed by atoms with Crippen LogP contribution in [0.25, 0.3) is 11.1 Å². The van der Waals surface area contributed by atoms with Gasteiger partial charge in [0.1, 0.15) is 4.90 Å². The lowest BCUT2D eigenvalue weighted by Crippen LogP contribution is -2.37. The summed E-state index contributed by atoms with van der Waals surface area (Å²) in [7, 11) is -3.80. The molecular weight excluding hydrogens is 501 g/mol. The number of hydrogen-bond acceptors (Lipinski definition) is 6. The minimum atomic E-state index is -3.80. The highest BCUT2D eigenvalue weighted by atomic mass is 35.5. The van der Waals surface area contributed by atoms with E-state index in [0.29, 0.717) is 17.0 Å². The van der Waals surface area contributed by atoms with Crippen LogP contribution in [0.5, 0.6) is 0 Å². The van der Waals surface area contributed by atoms with E-state index in [1.54, 1.807) is 10.6 Å². The van der Waals surface area contributed by atoms with Crippen molar-refractivity contribution >= 4 is 51.0 Å². The number of likely N-dealkylation sites (tertiary alicyclic amines) is 1. The molecule has 1 fully saturated rings. The lowest BCUT2D eigenvalue weighted by atomic mass is 10.0. The molecule has 0 spiro atoms. The Morgan fingerprint density at radius 1 is 1.00 bits per heavy atom. The molecular formula is C23H25Cl2N3O5S. The van der Waals surface area contributed by atoms with Gasteiger partial charge in [-0.3, -0.25) is 9.36 Å². The number of amides is 1. The average molecular weight is 526 g/mol. The smallest absolute Gasteiger partial charge is 0.408 e. The summed E-state index contributed by atoms with van der Waals surface area (Å²) >= 11 is 5.93. The molecule has 3 aromatic rings. The van der Waals surface area contributed by atoms with E-state index in [1.165, 1.54) is 18.2 Å². The maximum absolute atomic E-state index is 12.7. The molecule has 0 saturated carbocycles. The monoisotopic (exact) mass is 525 g/mol. The zero-order valence-corrected chi connectivity index (χ0v) is 20.7. The van der Waals surface area contributed by atoms with Gasteiger partial charge in [0.15, 0.2) is 5.58 Å². The number of carbonyl (C=O) groups excluding carboxylic acids is 1. The molecule has 0 atom stereocenters. The third-order valence-corrected chi connectivity index (χ3v) is 8.57. The molecule has 0 unspecified atom stereocenters. The molecule has 0 aliphatic carbocycles. The Morgan fingerprint density at radius 3 is 2.47 bits per heavy atom. The van der Waals surface area contributed by atoms with Crippen molar-refractivity contribution in [3.63, 3.8) is 0 Å². The van der Waals surface area contributed by atoms with Gasteiger partial charge in [-0.05, 0) is 62.6 Å². The summed E-state index contributed by atoms with van der Waals surface area (Å²) in [6.45, 7) is 2.66. The maximum atomic E-state index is 12.7. The van der Waals surface area contributed by atoms with E-state index in [2.05, 4.69) is 4.90 Å². The van der Waals surface area contributed by atoms with E-state index < -0.39 is 15.9 Å². The summed E-state index contributed by atoms with van der Waals surface area (Å²) in [5.74, 6) is -0.820. The minimum Gasteiger partial charge on any atom is -0.408 e. The van der Waals surface area contributed by atoms with Crippen LogP contribution in [0.4, 0.5) is 0 Å². The number of benzene rings is 2. The zero-order chi connectivity index (χ0) is 23.2. The molecule has 11 heteroatoms. The highest BCUT2D eigenvalue weighted by Crippen LogP contribution is 2.32. The van der Waals surface area contributed by atoms with Crippen LogP contribution in [0, 0.1) is 0 Å². The SMILES string of the molecule is Cl.O=C1c2cc(Cl)ccc2S(=O)(=O)N1CCCCN1CCC(n2c(=O)oc3ccccc32)CC1. The fraction of sp³-hybridized carbons (Fsp3) is 0.391. The first-order valence-corrected chi connectivity index (χ1v) is 12.9. The summed E-state index contributed by atoms with van der Waals surface area (Å²) < 4.78 is 33.5. The second-order valence-electron chi connectivity index (χ2n) is 8.51. The Hall–Kier alpha value is -2.33. The summed E-state index contributed by atoms with van der Waals surface area (Å²) in [6.07, 6.45) is 3.05. The predicted octanol–water partition coefficient (Wildman–Crippen LogP) is 3.93. The molecule has 0 radical (unpaired) electrons. The molecule has 1 saturated heterocycles. The molecule has 1 aromatic heterocycles. The van der Waals surface area contributed by atoms with E-state index >= 15 is 0 Å². The van der Waals surface area contributed by atoms with E-state index in [1.807, 2.05) is 18.2 Å². The second kappa shape index (κ2) is 9.73. The highest BCUT2D eigenvalue weighted by Gasteiger charge is 2.40. The van der Waals surface area contributed by atoms with Crippen LogP contribution in [-0.4, -0.2) is 54.3 Å². The van der Waals surface area contributed by atoms with Crippen molar-refractivity contribution in [2.24, 2.45) is 0 Å². The number of nitrogens with zero attached hydrogens (tertiary/aromatic N) is 3. The molecule has 1 amide bonds. The number of carbonyl (C=O) groups is 1. The molecule has 0 N–H and O–H groups in total. The lowest BCUT2D eigenvalue weighted by molar-refractivity contribution is 0.0868. The molecule has 182 valence electrons. The number of fused-ring (bicyclic) bond motifs is 2. The molecule has 8 nitrogen and oxygen atoms in total. The van der Waals surface area contributed by atoms with Crippen molar-refractivity contribution in [2.45, 2.75) is 36.6 Å². The number of halogens is 2. The number of para-hydroxylation sites is 2. The summed E-state index contributed by atoms with van der Waals surface area (Å²) in [6, 6.07) is 11.9. The molecule has 3 heterocycles. The predicted molar refractivity (Wildman–Crippen MR) is 131 cm³/mol. The van der Waals surface area contributed by atoms with Crippen LogP contribution < -0.4 is 5.76 Å². The Kier molecular flexibility index (Phi) is 7.09. The standard InChI is InChI=1S/C23H24ClN3O5S.ClH/c24-16-7-8-21-18(15-16)22(28)26(33(21,30)31)12-4-3-11-25-13-9-17(10-14-25)27-19-5-1-2-6-20(19)32-23(27)29;/h1-2,5-8,15,17H,3-4,9-14H2;1H. The van der Waals surface area contributed by atoms with Gasteiger partial charge in [-0.25, -0.2) is 17.5 Å². The average Bonchev–Trinajstić information content (AvgIpc) is 3.22. The second-order valence-corrected chi connectivity index (χ2v) is 10.8. The normalized spacial score (nSPS) is 18.3.